The molecule has 0 bridgehead atoms. The fourth-order valence-electron chi connectivity index (χ4n) is 1.72. The normalized spacial score (nSPS) is 17.2. The van der Waals surface area contributed by atoms with E-state index in [4.69, 9.17) is 0 Å². The first kappa shape index (κ1) is 11.3. The average molecular weight is 195 g/mol. The van der Waals surface area contributed by atoms with E-state index in [1.165, 1.54) is 25.7 Å². The van der Waals surface area contributed by atoms with Gasteiger partial charge < -0.3 is 4.90 Å². The fourth-order valence-corrected chi connectivity index (χ4v) is 1.72. The Bertz CT molecular complexity index is 198. The van der Waals surface area contributed by atoms with Crippen LogP contribution in [0.2, 0.25) is 0 Å². The minimum absolute atomic E-state index is 0.287. The molecule has 1 aliphatic rings. The van der Waals surface area contributed by atoms with E-state index in [0.717, 1.165) is 25.8 Å². The lowest BCUT2D eigenvalue weighted by Crippen LogP contribution is -2.17. The van der Waals surface area contributed by atoms with E-state index in [1.54, 1.807) is 0 Å². The van der Waals surface area contributed by atoms with Crippen LogP contribution in [0.3, 0.4) is 0 Å². The topological polar surface area (TPSA) is 20.3 Å². The highest BCUT2D eigenvalue weighted by atomic mass is 16.2. The van der Waals surface area contributed by atoms with Crippen molar-refractivity contribution in [2.75, 3.05) is 6.54 Å². The molecule has 0 N–H and O–H groups in total. The number of amides is 1. The number of rotatable bonds is 6. The van der Waals surface area contributed by atoms with Crippen molar-refractivity contribution in [2.45, 2.75) is 51.9 Å². The van der Waals surface area contributed by atoms with E-state index in [1.807, 2.05) is 11.1 Å². The Morgan fingerprint density at radius 2 is 2.21 bits per heavy atom. The molecular weight excluding hydrogens is 174 g/mol. The van der Waals surface area contributed by atoms with Gasteiger partial charge in [0.15, 0.2) is 0 Å². The lowest BCUT2D eigenvalue weighted by Gasteiger charge is -2.07. The van der Waals surface area contributed by atoms with Gasteiger partial charge in [0.2, 0.25) is 5.91 Å². The standard InChI is InChI=1S/C12H21NO/c1-2-3-4-5-6-7-10-13-11-8-9-12(13)14/h7,10H,2-6,8-9,11H2,1H3/b10-7-. The summed E-state index contributed by atoms with van der Waals surface area (Å²) < 4.78 is 0. The van der Waals surface area contributed by atoms with E-state index < -0.39 is 0 Å². The Morgan fingerprint density at radius 1 is 1.36 bits per heavy atom. The second-order valence-electron chi connectivity index (χ2n) is 3.92. The van der Waals surface area contributed by atoms with E-state index in [0.29, 0.717) is 0 Å². The average Bonchev–Trinajstić information content (AvgIpc) is 2.58. The first-order valence-corrected chi connectivity index (χ1v) is 5.80. The molecule has 1 saturated heterocycles. The molecule has 14 heavy (non-hydrogen) atoms. The van der Waals surface area contributed by atoms with Gasteiger partial charge in [0.1, 0.15) is 0 Å². The van der Waals surface area contributed by atoms with Crippen LogP contribution >= 0.6 is 0 Å². The number of allylic oxidation sites excluding steroid dienone is 1. The smallest absolute Gasteiger partial charge is 0.226 e. The molecule has 0 aliphatic carbocycles. The van der Waals surface area contributed by atoms with Gasteiger partial charge in [-0.05, 0) is 19.3 Å². The van der Waals surface area contributed by atoms with Gasteiger partial charge in [-0.25, -0.2) is 0 Å². The van der Waals surface area contributed by atoms with Gasteiger partial charge in [0.05, 0.1) is 0 Å². The molecule has 0 aromatic heterocycles. The van der Waals surface area contributed by atoms with E-state index in [2.05, 4.69) is 13.0 Å². The van der Waals surface area contributed by atoms with E-state index in [-0.39, 0.29) is 5.91 Å². The van der Waals surface area contributed by atoms with Crippen LogP contribution in [0.15, 0.2) is 12.3 Å². The highest BCUT2D eigenvalue weighted by Crippen LogP contribution is 2.10. The van der Waals surface area contributed by atoms with Crippen LogP contribution in [0.5, 0.6) is 0 Å². The van der Waals surface area contributed by atoms with Gasteiger partial charge in [0, 0.05) is 19.2 Å². The summed E-state index contributed by atoms with van der Waals surface area (Å²) in [5.41, 5.74) is 0. The van der Waals surface area contributed by atoms with Gasteiger partial charge in [0.25, 0.3) is 0 Å². The lowest BCUT2D eigenvalue weighted by molar-refractivity contribution is -0.125. The largest absolute Gasteiger partial charge is 0.319 e. The van der Waals surface area contributed by atoms with Gasteiger partial charge in [-0.15, -0.1) is 0 Å². The molecule has 0 spiro atoms. The van der Waals surface area contributed by atoms with Crippen molar-refractivity contribution in [3.8, 4) is 0 Å². The first-order chi connectivity index (χ1) is 6.84. The molecule has 0 atom stereocenters. The van der Waals surface area contributed by atoms with Crippen LogP contribution in [-0.4, -0.2) is 17.4 Å². The van der Waals surface area contributed by atoms with Gasteiger partial charge in [-0.1, -0.05) is 32.3 Å². The Hall–Kier alpha value is -0.790. The Morgan fingerprint density at radius 3 is 2.86 bits per heavy atom. The summed E-state index contributed by atoms with van der Waals surface area (Å²) in [6.07, 6.45) is 12.2. The second-order valence-corrected chi connectivity index (χ2v) is 3.92. The second kappa shape index (κ2) is 6.63. The molecule has 2 heteroatoms. The Balaban J connectivity index is 2.05. The molecular formula is C12H21NO. The maximum atomic E-state index is 11.2. The Labute approximate surface area is 87.0 Å². The summed E-state index contributed by atoms with van der Waals surface area (Å²) in [6, 6.07) is 0. The van der Waals surface area contributed by atoms with Crippen molar-refractivity contribution in [2.24, 2.45) is 0 Å². The molecule has 2 nitrogen and oxygen atoms in total. The molecule has 0 aromatic rings. The molecule has 0 saturated carbocycles. The predicted molar refractivity (Wildman–Crippen MR) is 58.8 cm³/mol. The number of carbonyl (C=O) groups is 1. The Kier molecular flexibility index (Phi) is 5.35. The van der Waals surface area contributed by atoms with Crippen LogP contribution in [0, 0.1) is 0 Å². The third kappa shape index (κ3) is 3.95. The van der Waals surface area contributed by atoms with Gasteiger partial charge >= 0.3 is 0 Å². The van der Waals surface area contributed by atoms with E-state index >= 15 is 0 Å². The van der Waals surface area contributed by atoms with Crippen LogP contribution in [0.25, 0.3) is 0 Å². The van der Waals surface area contributed by atoms with Crippen molar-refractivity contribution < 1.29 is 4.79 Å². The zero-order valence-corrected chi connectivity index (χ0v) is 9.17. The maximum absolute atomic E-state index is 11.2. The molecule has 1 rings (SSSR count). The SMILES string of the molecule is CCCCCC/C=C\N1CCCC1=O. The van der Waals surface area contributed by atoms with Crippen LogP contribution < -0.4 is 0 Å². The third-order valence-corrected chi connectivity index (χ3v) is 2.62. The quantitative estimate of drug-likeness (QED) is 0.596. The summed E-state index contributed by atoms with van der Waals surface area (Å²) in [5.74, 6) is 0.287. The van der Waals surface area contributed by atoms with Crippen molar-refractivity contribution in [3.05, 3.63) is 12.3 Å². The van der Waals surface area contributed by atoms with Gasteiger partial charge in [-0.3, -0.25) is 4.79 Å². The maximum Gasteiger partial charge on any atom is 0.226 e. The van der Waals surface area contributed by atoms with Crippen molar-refractivity contribution in [3.63, 3.8) is 0 Å². The highest BCUT2D eigenvalue weighted by Gasteiger charge is 2.16. The molecule has 1 heterocycles. The molecule has 1 fully saturated rings. The van der Waals surface area contributed by atoms with Gasteiger partial charge in [-0.2, -0.15) is 0 Å². The van der Waals surface area contributed by atoms with Crippen LogP contribution in [-0.2, 0) is 4.79 Å². The fraction of sp³-hybridized carbons (Fsp3) is 0.750. The monoisotopic (exact) mass is 195 g/mol. The zero-order valence-electron chi connectivity index (χ0n) is 9.17. The third-order valence-electron chi connectivity index (χ3n) is 2.62. The molecule has 80 valence electrons. The molecule has 0 aromatic carbocycles. The van der Waals surface area contributed by atoms with Crippen molar-refractivity contribution >= 4 is 5.91 Å². The summed E-state index contributed by atoms with van der Waals surface area (Å²) in [6.45, 7) is 3.14. The van der Waals surface area contributed by atoms with Crippen LogP contribution in [0.4, 0.5) is 0 Å². The number of nitrogens with zero attached hydrogens (tertiary/aromatic N) is 1. The summed E-state index contributed by atoms with van der Waals surface area (Å²) in [5, 5.41) is 0. The van der Waals surface area contributed by atoms with Crippen molar-refractivity contribution in [1.82, 2.24) is 4.90 Å². The van der Waals surface area contributed by atoms with E-state index in [9.17, 15) is 4.79 Å². The van der Waals surface area contributed by atoms with Crippen LogP contribution in [0.1, 0.15) is 51.9 Å². The zero-order chi connectivity index (χ0) is 10.2. The minimum atomic E-state index is 0.287. The first-order valence-electron chi connectivity index (χ1n) is 5.80. The number of hydrogen-bond donors (Lipinski definition) is 0. The summed E-state index contributed by atoms with van der Waals surface area (Å²) in [7, 11) is 0. The predicted octanol–water partition coefficient (Wildman–Crippen LogP) is 3.09. The number of carbonyl (C=O) groups excluding carboxylic acids is 1. The highest BCUT2D eigenvalue weighted by molar-refractivity contribution is 5.79. The van der Waals surface area contributed by atoms with Crippen molar-refractivity contribution in [1.29, 1.82) is 0 Å². The molecule has 1 aliphatic heterocycles. The minimum Gasteiger partial charge on any atom is -0.319 e. The summed E-state index contributed by atoms with van der Waals surface area (Å²) in [4.78, 5) is 13.1. The number of likely N-dealkylation sites (tertiary alicyclic amines) is 1. The number of unbranched alkanes of at least 4 members (excludes halogenated alkanes) is 4. The molecule has 0 radical (unpaired) electrons. The lowest BCUT2D eigenvalue weighted by atomic mass is 10.1. The number of hydrogen-bond acceptors (Lipinski definition) is 1. The molecule has 0 unspecified atom stereocenters. The molecule has 1 amide bonds. The summed E-state index contributed by atoms with van der Waals surface area (Å²) >= 11 is 0.